The Kier molecular flexibility index (Phi) is 4.34. The molecule has 0 radical (unpaired) electrons. The maximum Gasteiger partial charge on any atom is 0.282 e. The third-order valence-electron chi connectivity index (χ3n) is 3.17. The summed E-state index contributed by atoms with van der Waals surface area (Å²) in [5, 5.41) is 0. The predicted molar refractivity (Wildman–Crippen MR) is 65.2 cm³/mol. The summed E-state index contributed by atoms with van der Waals surface area (Å²) in [6.45, 7) is 5.60. The lowest BCUT2D eigenvalue weighted by Crippen LogP contribution is -2.49. The van der Waals surface area contributed by atoms with Crippen LogP contribution in [0.3, 0.4) is 0 Å². The van der Waals surface area contributed by atoms with E-state index in [-0.39, 0.29) is 5.54 Å². The Bertz CT molecular complexity index is 327. The summed E-state index contributed by atoms with van der Waals surface area (Å²) in [6, 6.07) is 0. The zero-order valence-corrected chi connectivity index (χ0v) is 11.3. The van der Waals surface area contributed by atoms with Crippen molar-refractivity contribution in [3.63, 3.8) is 0 Å². The van der Waals surface area contributed by atoms with Crippen LogP contribution < -0.4 is 5.73 Å². The van der Waals surface area contributed by atoms with Crippen LogP contribution in [0.5, 0.6) is 0 Å². The Labute approximate surface area is 98.8 Å². The quantitative estimate of drug-likeness (QED) is 0.766. The van der Waals surface area contributed by atoms with Gasteiger partial charge < -0.3 is 5.73 Å². The lowest BCUT2D eigenvalue weighted by Gasteiger charge is -2.33. The molecule has 0 unspecified atom stereocenters. The summed E-state index contributed by atoms with van der Waals surface area (Å²) in [7, 11) is -1.68. The van der Waals surface area contributed by atoms with E-state index < -0.39 is 10.2 Å². The highest BCUT2D eigenvalue weighted by Crippen LogP contribution is 2.31. The van der Waals surface area contributed by atoms with E-state index in [0.29, 0.717) is 26.1 Å². The van der Waals surface area contributed by atoms with E-state index in [1.807, 2.05) is 13.8 Å². The Morgan fingerprint density at radius 2 is 2.06 bits per heavy atom. The van der Waals surface area contributed by atoms with Crippen molar-refractivity contribution in [3.8, 4) is 0 Å². The van der Waals surface area contributed by atoms with Crippen LogP contribution in [0.4, 0.5) is 0 Å². The molecule has 0 atom stereocenters. The topological polar surface area (TPSA) is 66.6 Å². The molecule has 0 aromatic rings. The van der Waals surface area contributed by atoms with Crippen molar-refractivity contribution in [1.82, 2.24) is 8.61 Å². The maximum atomic E-state index is 12.3. The first-order valence-electron chi connectivity index (χ1n) is 5.76. The highest BCUT2D eigenvalue weighted by atomic mass is 32.2. The Morgan fingerprint density at radius 1 is 1.44 bits per heavy atom. The zero-order valence-electron chi connectivity index (χ0n) is 10.4. The minimum Gasteiger partial charge on any atom is -0.330 e. The second-order valence-corrected chi connectivity index (χ2v) is 6.92. The van der Waals surface area contributed by atoms with Gasteiger partial charge in [-0.3, -0.25) is 0 Å². The molecule has 0 spiro atoms. The van der Waals surface area contributed by atoms with Gasteiger partial charge in [-0.2, -0.15) is 17.0 Å². The molecule has 0 aromatic carbocycles. The molecule has 1 aliphatic rings. The molecule has 5 nitrogen and oxygen atoms in total. The Morgan fingerprint density at radius 3 is 2.50 bits per heavy atom. The molecular weight excluding hydrogens is 226 g/mol. The average Bonchev–Trinajstić information content (AvgIpc) is 2.54. The number of hydrogen-bond acceptors (Lipinski definition) is 3. The summed E-state index contributed by atoms with van der Waals surface area (Å²) < 4.78 is 27.5. The summed E-state index contributed by atoms with van der Waals surface area (Å²) in [5.41, 5.74) is 5.14. The highest BCUT2D eigenvalue weighted by molar-refractivity contribution is 7.86. The van der Waals surface area contributed by atoms with Crippen LogP contribution in [0, 0.1) is 0 Å². The van der Waals surface area contributed by atoms with Gasteiger partial charge in [0, 0.05) is 25.7 Å². The number of rotatable bonds is 5. The molecule has 1 aliphatic heterocycles. The fourth-order valence-electron chi connectivity index (χ4n) is 2.11. The number of nitrogens with zero attached hydrogens (tertiary/aromatic N) is 2. The van der Waals surface area contributed by atoms with Gasteiger partial charge in [-0.25, -0.2) is 0 Å². The van der Waals surface area contributed by atoms with Gasteiger partial charge in [0.25, 0.3) is 10.2 Å². The van der Waals surface area contributed by atoms with Crippen molar-refractivity contribution in [3.05, 3.63) is 0 Å². The zero-order chi connectivity index (χ0) is 12.4. The van der Waals surface area contributed by atoms with E-state index in [4.69, 9.17) is 5.73 Å². The van der Waals surface area contributed by atoms with Gasteiger partial charge in [0.15, 0.2) is 0 Å². The minimum atomic E-state index is -3.31. The van der Waals surface area contributed by atoms with Crippen LogP contribution in [-0.2, 0) is 10.2 Å². The van der Waals surface area contributed by atoms with Gasteiger partial charge in [0.2, 0.25) is 0 Å². The first-order valence-corrected chi connectivity index (χ1v) is 7.16. The number of nitrogens with two attached hydrogens (primary N) is 1. The molecule has 96 valence electrons. The summed E-state index contributed by atoms with van der Waals surface area (Å²) in [4.78, 5) is 0. The normalized spacial score (nSPS) is 21.8. The highest BCUT2D eigenvalue weighted by Gasteiger charge is 2.41. The maximum absolute atomic E-state index is 12.3. The van der Waals surface area contributed by atoms with Gasteiger partial charge in [-0.1, -0.05) is 0 Å². The van der Waals surface area contributed by atoms with Gasteiger partial charge in [0.05, 0.1) is 0 Å². The second-order valence-electron chi connectivity index (χ2n) is 4.96. The molecule has 16 heavy (non-hydrogen) atoms. The molecule has 6 heteroatoms. The first kappa shape index (κ1) is 13.9. The first-order chi connectivity index (χ1) is 7.32. The van der Waals surface area contributed by atoms with Crippen molar-refractivity contribution >= 4 is 10.2 Å². The molecule has 2 N–H and O–H groups in total. The fraction of sp³-hybridized carbons (Fsp3) is 1.00. The van der Waals surface area contributed by atoms with Gasteiger partial charge in [-0.15, -0.1) is 0 Å². The molecule has 0 aromatic heterocycles. The standard InChI is InChI=1S/C10H23N3O2S/c1-10(2)6-4-9-13(10)16(14,15)12(3)8-5-7-11/h4-9,11H2,1-3H3. The van der Waals surface area contributed by atoms with Crippen LogP contribution in [0.25, 0.3) is 0 Å². The van der Waals surface area contributed by atoms with Crippen LogP contribution in [0.15, 0.2) is 0 Å². The second kappa shape index (κ2) is 5.00. The molecule has 1 saturated heterocycles. The van der Waals surface area contributed by atoms with Crippen LogP contribution in [0.1, 0.15) is 33.1 Å². The lowest BCUT2D eigenvalue weighted by molar-refractivity contribution is 0.269. The van der Waals surface area contributed by atoms with Crippen molar-refractivity contribution in [2.24, 2.45) is 5.73 Å². The van der Waals surface area contributed by atoms with Crippen LogP contribution in [-0.4, -0.2) is 49.2 Å². The largest absolute Gasteiger partial charge is 0.330 e. The molecule has 1 fully saturated rings. The molecule has 0 amide bonds. The van der Waals surface area contributed by atoms with E-state index >= 15 is 0 Å². The molecule has 0 aliphatic carbocycles. The molecule has 0 saturated carbocycles. The molecule has 1 heterocycles. The Balaban J connectivity index is 2.77. The molecular formula is C10H23N3O2S. The van der Waals surface area contributed by atoms with E-state index in [0.717, 1.165) is 12.8 Å². The van der Waals surface area contributed by atoms with Gasteiger partial charge in [-0.05, 0) is 39.7 Å². The fourth-order valence-corrected chi connectivity index (χ4v) is 3.88. The smallest absolute Gasteiger partial charge is 0.282 e. The monoisotopic (exact) mass is 249 g/mol. The molecule has 0 bridgehead atoms. The average molecular weight is 249 g/mol. The van der Waals surface area contributed by atoms with Gasteiger partial charge >= 0.3 is 0 Å². The van der Waals surface area contributed by atoms with Crippen LogP contribution in [0.2, 0.25) is 0 Å². The summed E-state index contributed by atoms with van der Waals surface area (Å²) >= 11 is 0. The SMILES string of the molecule is CN(CCCN)S(=O)(=O)N1CCCC1(C)C. The minimum absolute atomic E-state index is 0.254. The lowest BCUT2D eigenvalue weighted by atomic mass is 10.0. The van der Waals surface area contributed by atoms with E-state index in [9.17, 15) is 8.42 Å². The van der Waals surface area contributed by atoms with Crippen molar-refractivity contribution in [1.29, 1.82) is 0 Å². The third-order valence-corrected chi connectivity index (χ3v) is 5.38. The van der Waals surface area contributed by atoms with Crippen molar-refractivity contribution in [2.75, 3.05) is 26.7 Å². The van der Waals surface area contributed by atoms with E-state index in [1.165, 1.54) is 4.31 Å². The van der Waals surface area contributed by atoms with E-state index in [2.05, 4.69) is 0 Å². The number of hydrogen-bond donors (Lipinski definition) is 1. The van der Waals surface area contributed by atoms with Gasteiger partial charge in [0.1, 0.15) is 0 Å². The van der Waals surface area contributed by atoms with E-state index in [1.54, 1.807) is 11.4 Å². The molecule has 1 rings (SSSR count). The Hall–Kier alpha value is -0.170. The predicted octanol–water partition coefficient (Wildman–Crippen LogP) is 0.386. The van der Waals surface area contributed by atoms with Crippen molar-refractivity contribution < 1.29 is 8.42 Å². The summed E-state index contributed by atoms with van der Waals surface area (Å²) in [5.74, 6) is 0. The van der Waals surface area contributed by atoms with Crippen molar-refractivity contribution in [2.45, 2.75) is 38.6 Å². The summed E-state index contributed by atoms with van der Waals surface area (Å²) in [6.07, 6.45) is 2.57. The van der Waals surface area contributed by atoms with Crippen LogP contribution >= 0.6 is 0 Å². The third kappa shape index (κ3) is 2.74.